The van der Waals surface area contributed by atoms with E-state index in [4.69, 9.17) is 4.52 Å². The van der Waals surface area contributed by atoms with Gasteiger partial charge in [-0.25, -0.2) is 0 Å². The van der Waals surface area contributed by atoms with Gasteiger partial charge in [-0.2, -0.15) is 0 Å². The predicted molar refractivity (Wildman–Crippen MR) is 89.2 cm³/mol. The summed E-state index contributed by atoms with van der Waals surface area (Å²) in [5.41, 5.74) is 3.12. The summed E-state index contributed by atoms with van der Waals surface area (Å²) in [5, 5.41) is 3.95. The van der Waals surface area contributed by atoms with Crippen molar-refractivity contribution in [2.75, 3.05) is 6.54 Å². The van der Waals surface area contributed by atoms with Gasteiger partial charge in [-0.15, -0.1) is 0 Å². The van der Waals surface area contributed by atoms with Gasteiger partial charge in [-0.3, -0.25) is 4.79 Å². The molecule has 1 aliphatic rings. The molecule has 0 spiro atoms. The number of rotatable bonds is 5. The topological polar surface area (TPSA) is 46.3 Å². The molecule has 2 heterocycles. The van der Waals surface area contributed by atoms with E-state index in [1.54, 1.807) is 0 Å². The van der Waals surface area contributed by atoms with E-state index in [0.29, 0.717) is 12.5 Å². The number of carbonyl (C=O) groups excluding carboxylic acids is 1. The van der Waals surface area contributed by atoms with Crippen molar-refractivity contribution in [1.29, 1.82) is 0 Å². The van der Waals surface area contributed by atoms with E-state index in [2.05, 4.69) is 34.3 Å². The summed E-state index contributed by atoms with van der Waals surface area (Å²) >= 11 is 0. The zero-order chi connectivity index (χ0) is 16.2. The first-order chi connectivity index (χ1) is 11.1. The third-order valence-electron chi connectivity index (χ3n) is 4.82. The van der Waals surface area contributed by atoms with Crippen LogP contribution < -0.4 is 0 Å². The molecule has 0 unspecified atom stereocenters. The van der Waals surface area contributed by atoms with E-state index >= 15 is 0 Å². The molecular weight excluding hydrogens is 288 g/mol. The van der Waals surface area contributed by atoms with Crippen LogP contribution in [0.3, 0.4) is 0 Å². The summed E-state index contributed by atoms with van der Waals surface area (Å²) in [6, 6.07) is 10.9. The lowest BCUT2D eigenvalue weighted by Gasteiger charge is -2.25. The third kappa shape index (κ3) is 3.63. The Kier molecular flexibility index (Phi) is 4.79. The molecule has 4 heteroatoms. The summed E-state index contributed by atoms with van der Waals surface area (Å²) in [6.45, 7) is 4.65. The smallest absolute Gasteiger partial charge is 0.227 e. The molecule has 1 atom stereocenters. The fraction of sp³-hybridized carbons (Fsp3) is 0.474. The largest absolute Gasteiger partial charge is 0.361 e. The van der Waals surface area contributed by atoms with Crippen molar-refractivity contribution in [1.82, 2.24) is 10.1 Å². The molecule has 0 saturated carbocycles. The second-order valence-corrected chi connectivity index (χ2v) is 6.39. The number of hydrogen-bond acceptors (Lipinski definition) is 3. The Labute approximate surface area is 137 Å². The van der Waals surface area contributed by atoms with Crippen molar-refractivity contribution >= 4 is 5.91 Å². The number of carbonyl (C=O) groups is 1. The quantitative estimate of drug-likeness (QED) is 0.849. The van der Waals surface area contributed by atoms with Crippen LogP contribution in [0.5, 0.6) is 0 Å². The van der Waals surface area contributed by atoms with E-state index in [9.17, 15) is 4.79 Å². The Balaban J connectivity index is 1.61. The third-order valence-corrected chi connectivity index (χ3v) is 4.82. The highest BCUT2D eigenvalue weighted by molar-refractivity contribution is 5.79. The van der Waals surface area contributed by atoms with E-state index in [0.717, 1.165) is 49.2 Å². The van der Waals surface area contributed by atoms with Crippen molar-refractivity contribution in [3.8, 4) is 0 Å². The second kappa shape index (κ2) is 6.99. The van der Waals surface area contributed by atoms with Gasteiger partial charge in [-0.05, 0) is 45.1 Å². The average molecular weight is 312 g/mol. The van der Waals surface area contributed by atoms with Crippen LogP contribution in [-0.2, 0) is 17.6 Å². The fourth-order valence-corrected chi connectivity index (χ4v) is 3.45. The van der Waals surface area contributed by atoms with E-state index in [1.165, 1.54) is 5.56 Å². The lowest BCUT2D eigenvalue weighted by molar-refractivity contribution is -0.131. The first-order valence-corrected chi connectivity index (χ1v) is 8.40. The molecule has 1 saturated heterocycles. The average Bonchev–Trinajstić information content (AvgIpc) is 3.15. The van der Waals surface area contributed by atoms with Crippen LogP contribution in [0.25, 0.3) is 0 Å². The Bertz CT molecular complexity index is 644. The Morgan fingerprint density at radius 3 is 2.78 bits per heavy atom. The minimum atomic E-state index is 0.204. The van der Waals surface area contributed by atoms with Gasteiger partial charge in [0.15, 0.2) is 0 Å². The minimum absolute atomic E-state index is 0.204. The monoisotopic (exact) mass is 312 g/mol. The highest BCUT2D eigenvalue weighted by Crippen LogP contribution is 2.24. The van der Waals surface area contributed by atoms with E-state index in [1.807, 2.05) is 19.9 Å². The Morgan fingerprint density at radius 2 is 2.09 bits per heavy atom. The SMILES string of the molecule is Cc1noc(C)c1CC(=O)N1CCC[C@@H]1CCc1ccccc1. The van der Waals surface area contributed by atoms with Gasteiger partial charge in [-0.1, -0.05) is 35.5 Å². The van der Waals surface area contributed by atoms with E-state index < -0.39 is 0 Å². The molecule has 122 valence electrons. The molecule has 23 heavy (non-hydrogen) atoms. The van der Waals surface area contributed by atoms with Gasteiger partial charge in [0, 0.05) is 18.2 Å². The van der Waals surface area contributed by atoms with Gasteiger partial charge < -0.3 is 9.42 Å². The first-order valence-electron chi connectivity index (χ1n) is 8.40. The van der Waals surface area contributed by atoms with Crippen LogP contribution in [0.4, 0.5) is 0 Å². The molecule has 1 aliphatic heterocycles. The molecule has 1 amide bonds. The Hall–Kier alpha value is -2.10. The Morgan fingerprint density at radius 1 is 1.30 bits per heavy atom. The standard InChI is InChI=1S/C19H24N2O2/c1-14-18(15(2)23-20-14)13-19(22)21-12-6-9-17(21)11-10-16-7-4-3-5-8-16/h3-5,7-8,17H,6,9-13H2,1-2H3/t17-/m1/s1. The molecule has 1 fully saturated rings. The van der Waals surface area contributed by atoms with Gasteiger partial charge in [0.1, 0.15) is 5.76 Å². The van der Waals surface area contributed by atoms with Crippen LogP contribution in [0, 0.1) is 13.8 Å². The lowest BCUT2D eigenvalue weighted by Crippen LogP contribution is -2.37. The van der Waals surface area contributed by atoms with Crippen LogP contribution in [0.2, 0.25) is 0 Å². The minimum Gasteiger partial charge on any atom is -0.361 e. The summed E-state index contributed by atoms with van der Waals surface area (Å²) in [5.74, 6) is 0.964. The number of aromatic nitrogens is 1. The maximum Gasteiger partial charge on any atom is 0.227 e. The molecule has 2 aromatic rings. The zero-order valence-corrected chi connectivity index (χ0v) is 13.9. The van der Waals surface area contributed by atoms with Gasteiger partial charge >= 0.3 is 0 Å². The van der Waals surface area contributed by atoms with Crippen molar-refractivity contribution in [2.24, 2.45) is 0 Å². The second-order valence-electron chi connectivity index (χ2n) is 6.39. The van der Waals surface area contributed by atoms with Crippen molar-refractivity contribution in [2.45, 2.75) is 52.0 Å². The number of nitrogens with zero attached hydrogens (tertiary/aromatic N) is 2. The number of benzene rings is 1. The van der Waals surface area contributed by atoms with Crippen molar-refractivity contribution < 1.29 is 9.32 Å². The first kappa shape index (κ1) is 15.8. The molecular formula is C19H24N2O2. The maximum atomic E-state index is 12.7. The highest BCUT2D eigenvalue weighted by atomic mass is 16.5. The predicted octanol–water partition coefficient (Wildman–Crippen LogP) is 3.46. The van der Waals surface area contributed by atoms with Crippen LogP contribution >= 0.6 is 0 Å². The molecule has 1 aromatic carbocycles. The molecule has 1 aromatic heterocycles. The summed E-state index contributed by atoms with van der Waals surface area (Å²) in [7, 11) is 0. The maximum absolute atomic E-state index is 12.7. The van der Waals surface area contributed by atoms with E-state index in [-0.39, 0.29) is 5.91 Å². The van der Waals surface area contributed by atoms with Crippen LogP contribution in [0.15, 0.2) is 34.9 Å². The molecule has 0 N–H and O–H groups in total. The van der Waals surface area contributed by atoms with Crippen molar-refractivity contribution in [3.05, 3.63) is 52.9 Å². The zero-order valence-electron chi connectivity index (χ0n) is 13.9. The summed E-state index contributed by atoms with van der Waals surface area (Å²) < 4.78 is 5.17. The van der Waals surface area contributed by atoms with Gasteiger partial charge in [0.2, 0.25) is 5.91 Å². The normalized spacial score (nSPS) is 17.7. The van der Waals surface area contributed by atoms with Gasteiger partial charge in [0.05, 0.1) is 12.1 Å². The van der Waals surface area contributed by atoms with Crippen LogP contribution in [-0.4, -0.2) is 28.6 Å². The molecule has 0 radical (unpaired) electrons. The molecule has 4 nitrogen and oxygen atoms in total. The molecule has 0 bridgehead atoms. The lowest BCUT2D eigenvalue weighted by atomic mass is 10.0. The highest BCUT2D eigenvalue weighted by Gasteiger charge is 2.29. The summed E-state index contributed by atoms with van der Waals surface area (Å²) in [4.78, 5) is 14.8. The number of hydrogen-bond donors (Lipinski definition) is 0. The molecule has 3 rings (SSSR count). The van der Waals surface area contributed by atoms with Gasteiger partial charge in [0.25, 0.3) is 0 Å². The van der Waals surface area contributed by atoms with Crippen molar-refractivity contribution in [3.63, 3.8) is 0 Å². The number of amides is 1. The number of aryl methyl sites for hydroxylation is 3. The summed E-state index contributed by atoms with van der Waals surface area (Å²) in [6.07, 6.45) is 4.69. The fourth-order valence-electron chi connectivity index (χ4n) is 3.45. The van der Waals surface area contributed by atoms with Crippen LogP contribution in [0.1, 0.15) is 41.8 Å². The molecule has 0 aliphatic carbocycles. The number of likely N-dealkylation sites (tertiary alicyclic amines) is 1.